The fraction of sp³-hybridized carbons (Fsp3) is 0.250. The topological polar surface area (TPSA) is 85.1 Å². The Kier molecular flexibility index (Phi) is 3.88. The second-order valence-electron chi connectivity index (χ2n) is 4.13. The fourth-order valence-electron chi connectivity index (χ4n) is 1.74. The maximum atomic E-state index is 12.3. The fourth-order valence-corrected chi connectivity index (χ4v) is 3.94. The number of rotatable bonds is 4. The summed E-state index contributed by atoms with van der Waals surface area (Å²) in [5, 5.41) is 0.370. The minimum absolute atomic E-state index is 0.239. The third kappa shape index (κ3) is 2.94. The highest BCUT2D eigenvalue weighted by Crippen LogP contribution is 2.24. The first kappa shape index (κ1) is 14.0. The van der Waals surface area contributed by atoms with Crippen LogP contribution in [0.1, 0.15) is 16.0 Å². The summed E-state index contributed by atoms with van der Waals surface area (Å²) in [6.45, 7) is 3.94. The van der Waals surface area contributed by atoms with Crippen molar-refractivity contribution in [2.45, 2.75) is 25.3 Å². The highest BCUT2D eigenvalue weighted by atomic mass is 32.2. The van der Waals surface area contributed by atoms with E-state index in [9.17, 15) is 8.42 Å². The van der Waals surface area contributed by atoms with Crippen LogP contribution >= 0.6 is 11.3 Å². The predicted octanol–water partition coefficient (Wildman–Crippen LogP) is 2.02. The van der Waals surface area contributed by atoms with Crippen molar-refractivity contribution in [2.75, 3.05) is 4.72 Å². The average Bonchev–Trinajstić information content (AvgIpc) is 2.74. The van der Waals surface area contributed by atoms with Crippen molar-refractivity contribution in [1.82, 2.24) is 4.98 Å². The van der Waals surface area contributed by atoms with Crippen LogP contribution in [-0.4, -0.2) is 13.4 Å². The number of aromatic nitrogens is 1. The van der Waals surface area contributed by atoms with Crippen molar-refractivity contribution in [3.05, 3.63) is 40.4 Å². The number of benzene rings is 1. The maximum Gasteiger partial charge on any atom is 0.263 e. The molecule has 3 N–H and O–H groups in total. The first-order valence-electron chi connectivity index (χ1n) is 5.68. The van der Waals surface area contributed by atoms with E-state index in [2.05, 4.69) is 9.71 Å². The van der Waals surface area contributed by atoms with Gasteiger partial charge in [0.15, 0.2) is 5.13 Å². The Morgan fingerprint density at radius 3 is 2.68 bits per heavy atom. The second kappa shape index (κ2) is 5.28. The van der Waals surface area contributed by atoms with Crippen molar-refractivity contribution < 1.29 is 8.42 Å². The van der Waals surface area contributed by atoms with Crippen LogP contribution in [-0.2, 0) is 16.6 Å². The standard InChI is InChI=1S/C12H15N3O2S2/c1-8-7-14-12(18-8)15-19(16,17)11-5-3-4-10(6-13)9(11)2/h3-5,7H,6,13H2,1-2H3,(H,14,15). The van der Waals surface area contributed by atoms with Gasteiger partial charge in [0.1, 0.15) is 0 Å². The number of hydrogen-bond acceptors (Lipinski definition) is 5. The molecule has 0 fully saturated rings. The van der Waals surface area contributed by atoms with Crippen molar-refractivity contribution in [2.24, 2.45) is 5.73 Å². The lowest BCUT2D eigenvalue weighted by Crippen LogP contribution is -2.15. The summed E-state index contributed by atoms with van der Waals surface area (Å²) in [6.07, 6.45) is 1.63. The lowest BCUT2D eigenvalue weighted by Gasteiger charge is -2.11. The molecule has 0 spiro atoms. The molecule has 0 aliphatic carbocycles. The lowest BCUT2D eigenvalue weighted by molar-refractivity contribution is 0.600. The predicted molar refractivity (Wildman–Crippen MR) is 76.7 cm³/mol. The van der Waals surface area contributed by atoms with Crippen LogP contribution in [0.3, 0.4) is 0 Å². The van der Waals surface area contributed by atoms with Crippen molar-refractivity contribution >= 4 is 26.5 Å². The number of nitrogens with zero attached hydrogens (tertiary/aromatic N) is 1. The van der Waals surface area contributed by atoms with E-state index >= 15 is 0 Å². The molecule has 0 amide bonds. The van der Waals surface area contributed by atoms with E-state index in [1.807, 2.05) is 13.0 Å². The number of hydrogen-bond donors (Lipinski definition) is 2. The summed E-state index contributed by atoms with van der Waals surface area (Å²) < 4.78 is 27.1. The summed E-state index contributed by atoms with van der Waals surface area (Å²) in [7, 11) is -3.62. The monoisotopic (exact) mass is 297 g/mol. The van der Waals surface area contributed by atoms with Crippen LogP contribution in [0.2, 0.25) is 0 Å². The van der Waals surface area contributed by atoms with E-state index in [1.54, 1.807) is 25.3 Å². The summed E-state index contributed by atoms with van der Waals surface area (Å²) >= 11 is 1.30. The largest absolute Gasteiger partial charge is 0.326 e. The third-order valence-corrected chi connectivity index (χ3v) is 5.19. The minimum Gasteiger partial charge on any atom is -0.326 e. The van der Waals surface area contributed by atoms with Gasteiger partial charge >= 0.3 is 0 Å². The smallest absolute Gasteiger partial charge is 0.263 e. The molecule has 1 aromatic carbocycles. The molecule has 0 aliphatic rings. The molecule has 2 aromatic rings. The molecule has 1 heterocycles. The molecule has 0 saturated heterocycles. The molecule has 0 unspecified atom stereocenters. The molecule has 0 bridgehead atoms. The van der Waals surface area contributed by atoms with Gasteiger partial charge in [-0.3, -0.25) is 4.72 Å². The summed E-state index contributed by atoms with van der Waals surface area (Å²) in [4.78, 5) is 5.19. The summed E-state index contributed by atoms with van der Waals surface area (Å²) in [5.74, 6) is 0. The van der Waals surface area contributed by atoms with Crippen molar-refractivity contribution in [3.8, 4) is 0 Å². The number of sulfonamides is 1. The zero-order valence-corrected chi connectivity index (χ0v) is 12.3. The summed E-state index contributed by atoms with van der Waals surface area (Å²) in [5.41, 5.74) is 7.08. The molecule has 0 aliphatic heterocycles. The molecular formula is C12H15N3O2S2. The first-order chi connectivity index (χ1) is 8.94. The van der Waals surface area contributed by atoms with Gasteiger partial charge < -0.3 is 5.73 Å². The minimum atomic E-state index is -3.62. The second-order valence-corrected chi connectivity index (χ2v) is 7.01. The number of nitrogens with one attached hydrogen (secondary N) is 1. The van der Waals surface area contributed by atoms with Crippen LogP contribution in [0.4, 0.5) is 5.13 Å². The Morgan fingerprint density at radius 2 is 2.11 bits per heavy atom. The molecule has 7 heteroatoms. The molecule has 19 heavy (non-hydrogen) atoms. The molecular weight excluding hydrogens is 282 g/mol. The number of aryl methyl sites for hydroxylation is 1. The molecule has 0 saturated carbocycles. The summed E-state index contributed by atoms with van der Waals surface area (Å²) in [6, 6.07) is 5.08. The highest BCUT2D eigenvalue weighted by molar-refractivity contribution is 7.93. The van der Waals surface area contributed by atoms with Gasteiger partial charge in [0, 0.05) is 17.6 Å². The van der Waals surface area contributed by atoms with E-state index < -0.39 is 10.0 Å². The van der Waals surface area contributed by atoms with Crippen LogP contribution in [0.15, 0.2) is 29.3 Å². The zero-order chi connectivity index (χ0) is 14.0. The van der Waals surface area contributed by atoms with E-state index in [0.717, 1.165) is 10.4 Å². The van der Waals surface area contributed by atoms with Crippen LogP contribution in [0, 0.1) is 13.8 Å². The van der Waals surface area contributed by atoms with Gasteiger partial charge in [-0.2, -0.15) is 0 Å². The van der Waals surface area contributed by atoms with E-state index in [1.165, 1.54) is 11.3 Å². The Morgan fingerprint density at radius 1 is 1.37 bits per heavy atom. The van der Waals surface area contributed by atoms with Gasteiger partial charge in [-0.25, -0.2) is 13.4 Å². The maximum absolute atomic E-state index is 12.3. The molecule has 2 rings (SSSR count). The Bertz CT molecular complexity index is 693. The van der Waals surface area contributed by atoms with Crippen molar-refractivity contribution in [1.29, 1.82) is 0 Å². The number of anilines is 1. The normalized spacial score (nSPS) is 11.5. The number of nitrogens with two attached hydrogens (primary N) is 1. The van der Waals surface area contributed by atoms with Gasteiger partial charge in [-0.05, 0) is 31.0 Å². The van der Waals surface area contributed by atoms with E-state index in [4.69, 9.17) is 5.73 Å². The Balaban J connectivity index is 2.40. The molecule has 5 nitrogen and oxygen atoms in total. The van der Waals surface area contributed by atoms with E-state index in [0.29, 0.717) is 17.2 Å². The Labute approximate surface area is 116 Å². The molecule has 1 aromatic heterocycles. The lowest BCUT2D eigenvalue weighted by atomic mass is 10.1. The van der Waals surface area contributed by atoms with Gasteiger partial charge in [-0.1, -0.05) is 12.1 Å². The van der Waals surface area contributed by atoms with Gasteiger partial charge in [-0.15, -0.1) is 11.3 Å². The zero-order valence-electron chi connectivity index (χ0n) is 10.7. The molecule has 0 atom stereocenters. The van der Waals surface area contributed by atoms with Crippen molar-refractivity contribution in [3.63, 3.8) is 0 Å². The molecule has 0 radical (unpaired) electrons. The third-order valence-electron chi connectivity index (χ3n) is 2.75. The number of thiazole rings is 1. The average molecular weight is 297 g/mol. The van der Waals surface area contributed by atoms with Crippen LogP contribution < -0.4 is 10.5 Å². The van der Waals surface area contributed by atoms with E-state index in [-0.39, 0.29) is 4.90 Å². The van der Waals surface area contributed by atoms with Gasteiger partial charge in [0.05, 0.1) is 4.90 Å². The SMILES string of the molecule is Cc1cnc(NS(=O)(=O)c2cccc(CN)c2C)s1. The molecule has 102 valence electrons. The van der Waals surface area contributed by atoms with Crippen LogP contribution in [0.25, 0.3) is 0 Å². The van der Waals surface area contributed by atoms with Crippen LogP contribution in [0.5, 0.6) is 0 Å². The highest BCUT2D eigenvalue weighted by Gasteiger charge is 2.19. The van der Waals surface area contributed by atoms with Gasteiger partial charge in [0.25, 0.3) is 10.0 Å². The first-order valence-corrected chi connectivity index (χ1v) is 7.98. The Hall–Kier alpha value is -1.44. The quantitative estimate of drug-likeness (QED) is 0.904. The van der Waals surface area contributed by atoms with Gasteiger partial charge in [0.2, 0.25) is 0 Å².